The van der Waals surface area contributed by atoms with E-state index in [-0.39, 0.29) is 31.3 Å². The van der Waals surface area contributed by atoms with E-state index < -0.39 is 83.9 Å². The van der Waals surface area contributed by atoms with Crippen LogP contribution in [0.15, 0.2) is 12.1 Å². The maximum atomic E-state index is 14.2. The van der Waals surface area contributed by atoms with Crippen LogP contribution in [0.1, 0.15) is 81.1 Å². The molecule has 13 heteroatoms. The van der Waals surface area contributed by atoms with Crippen molar-refractivity contribution in [2.24, 2.45) is 17.8 Å². The molecule has 3 rings (SSSR count). The molecule has 0 spiro atoms. The largest absolute Gasteiger partial charge is 0.478 e. The summed E-state index contributed by atoms with van der Waals surface area (Å²) in [5, 5.41) is 24.4. The van der Waals surface area contributed by atoms with E-state index in [1.165, 1.54) is 4.90 Å². The highest BCUT2D eigenvalue weighted by Gasteiger charge is 2.45. The van der Waals surface area contributed by atoms with Crippen LogP contribution in [0.4, 0.5) is 17.6 Å². The van der Waals surface area contributed by atoms with Gasteiger partial charge in [-0.15, -0.1) is 0 Å². The Morgan fingerprint density at radius 1 is 1.02 bits per heavy atom. The number of carboxylic acids is 1. The molecule has 0 aromatic heterocycles. The molecule has 1 aliphatic heterocycles. The van der Waals surface area contributed by atoms with Gasteiger partial charge in [0, 0.05) is 25.1 Å². The summed E-state index contributed by atoms with van der Waals surface area (Å²) in [6.07, 6.45) is -0.366. The van der Waals surface area contributed by atoms with Crippen molar-refractivity contribution in [3.05, 3.63) is 34.9 Å². The summed E-state index contributed by atoms with van der Waals surface area (Å²) < 4.78 is 55.4. The van der Waals surface area contributed by atoms with E-state index in [2.05, 4.69) is 10.6 Å². The van der Waals surface area contributed by atoms with Crippen molar-refractivity contribution in [1.82, 2.24) is 15.5 Å². The molecule has 1 aliphatic carbocycles. The van der Waals surface area contributed by atoms with Crippen molar-refractivity contribution in [2.75, 3.05) is 13.1 Å². The minimum Gasteiger partial charge on any atom is -0.478 e. The van der Waals surface area contributed by atoms with Gasteiger partial charge in [-0.3, -0.25) is 14.4 Å². The van der Waals surface area contributed by atoms with Gasteiger partial charge in [-0.05, 0) is 42.7 Å². The topological polar surface area (TPSA) is 136 Å². The first kappa shape index (κ1) is 34.3. The van der Waals surface area contributed by atoms with E-state index in [1.807, 2.05) is 13.8 Å². The number of alkyl halides is 2. The Morgan fingerprint density at radius 3 is 2.16 bits per heavy atom. The van der Waals surface area contributed by atoms with Crippen molar-refractivity contribution in [2.45, 2.75) is 96.2 Å². The smallest absolute Gasteiger partial charge is 0.335 e. The highest BCUT2D eigenvalue weighted by molar-refractivity contribution is 5.93. The minimum absolute atomic E-state index is 0.00390. The number of halogens is 4. The van der Waals surface area contributed by atoms with Crippen LogP contribution in [0.2, 0.25) is 0 Å². The molecule has 2 fully saturated rings. The van der Waals surface area contributed by atoms with Gasteiger partial charge < -0.3 is 25.7 Å². The fourth-order valence-electron chi connectivity index (χ4n) is 6.31. The summed E-state index contributed by atoms with van der Waals surface area (Å²) in [6, 6.07) is -1.47. The molecule has 9 nitrogen and oxygen atoms in total. The van der Waals surface area contributed by atoms with Crippen LogP contribution in [0, 0.1) is 29.4 Å². The average Bonchev–Trinajstić information content (AvgIpc) is 3.64. The van der Waals surface area contributed by atoms with Crippen LogP contribution < -0.4 is 10.6 Å². The van der Waals surface area contributed by atoms with Gasteiger partial charge in [0.1, 0.15) is 29.8 Å². The predicted octanol–water partition coefficient (Wildman–Crippen LogP) is 3.67. The van der Waals surface area contributed by atoms with Crippen LogP contribution in [-0.2, 0) is 20.8 Å². The molecule has 1 heterocycles. The molecule has 1 saturated carbocycles. The summed E-state index contributed by atoms with van der Waals surface area (Å²) in [5.74, 6) is -6.20. The highest BCUT2D eigenvalue weighted by atomic mass is 19.3. The van der Waals surface area contributed by atoms with Crippen molar-refractivity contribution in [3.8, 4) is 0 Å². The number of aliphatic hydroxyl groups excluding tert-OH is 1. The Kier molecular flexibility index (Phi) is 12.3. The zero-order chi connectivity index (χ0) is 31.8. The molecule has 1 unspecified atom stereocenters. The van der Waals surface area contributed by atoms with Gasteiger partial charge in [0.05, 0.1) is 5.56 Å². The second-order valence-corrected chi connectivity index (χ2v) is 11.5. The molecule has 3 amide bonds. The maximum absolute atomic E-state index is 14.2. The predicted molar refractivity (Wildman–Crippen MR) is 148 cm³/mol. The standard InChI is InChI=1S/C30H41F4N3O6/c1-3-16(4-2)26(38)29(41)37-15-19(17-7-5-6-8-17)13-24(37)28(40)36-23(14-25(33)34)27(39)35-10-9-20-21(31)11-18(30(42)43)12-22(20)32/h11-12,16-17,19,23-26,38H,3-10,13-15H2,1-2H3,(H,35,39)(H,36,40)(H,42,43)/t19-,23+,24-,26?/m1/s1. The van der Waals surface area contributed by atoms with Gasteiger partial charge in [0.25, 0.3) is 5.91 Å². The molecule has 0 radical (unpaired) electrons. The Hall–Kier alpha value is -3.22. The highest BCUT2D eigenvalue weighted by Crippen LogP contribution is 2.39. The number of amides is 3. The summed E-state index contributed by atoms with van der Waals surface area (Å²) in [7, 11) is 0. The lowest BCUT2D eigenvalue weighted by molar-refractivity contribution is -0.148. The van der Waals surface area contributed by atoms with Crippen molar-refractivity contribution < 1.29 is 47.0 Å². The molecule has 4 atom stereocenters. The number of carboxylic acid groups (broad SMARTS) is 1. The number of carbonyl (C=O) groups excluding carboxylic acids is 3. The number of nitrogens with one attached hydrogen (secondary N) is 2. The number of aliphatic hydroxyl groups is 1. The quantitative estimate of drug-likeness (QED) is 0.236. The van der Waals surface area contributed by atoms with Crippen molar-refractivity contribution >= 4 is 23.7 Å². The molecule has 0 bridgehead atoms. The van der Waals surface area contributed by atoms with Crippen LogP contribution in [-0.4, -0.2) is 76.5 Å². The molecule has 1 aromatic carbocycles. The molecular weight excluding hydrogens is 574 g/mol. The third-order valence-corrected chi connectivity index (χ3v) is 8.84. The number of carbonyl (C=O) groups is 4. The lowest BCUT2D eigenvalue weighted by atomic mass is 9.89. The van der Waals surface area contributed by atoms with Crippen LogP contribution in [0.3, 0.4) is 0 Å². The number of hydrogen-bond acceptors (Lipinski definition) is 5. The first-order chi connectivity index (χ1) is 20.4. The van der Waals surface area contributed by atoms with Crippen LogP contribution in [0.5, 0.6) is 0 Å². The van der Waals surface area contributed by atoms with E-state index in [4.69, 9.17) is 5.11 Å². The monoisotopic (exact) mass is 615 g/mol. The first-order valence-corrected chi connectivity index (χ1v) is 14.9. The fourth-order valence-corrected chi connectivity index (χ4v) is 6.31. The maximum Gasteiger partial charge on any atom is 0.335 e. The second kappa shape index (κ2) is 15.5. The van der Waals surface area contributed by atoms with Crippen molar-refractivity contribution in [3.63, 3.8) is 0 Å². The number of nitrogens with zero attached hydrogens (tertiary/aromatic N) is 1. The Morgan fingerprint density at radius 2 is 1.63 bits per heavy atom. The lowest BCUT2D eigenvalue weighted by Gasteiger charge is -2.30. The number of benzene rings is 1. The van der Waals surface area contributed by atoms with E-state index in [1.54, 1.807) is 0 Å². The second-order valence-electron chi connectivity index (χ2n) is 11.5. The Labute approximate surface area is 248 Å². The van der Waals surface area contributed by atoms with Gasteiger partial charge >= 0.3 is 5.97 Å². The summed E-state index contributed by atoms with van der Waals surface area (Å²) in [6.45, 7) is 3.57. The molecule has 43 heavy (non-hydrogen) atoms. The Bertz CT molecular complexity index is 1140. The number of likely N-dealkylation sites (tertiary alicyclic amines) is 1. The minimum atomic E-state index is -2.97. The Balaban J connectivity index is 1.72. The third-order valence-electron chi connectivity index (χ3n) is 8.84. The molecule has 1 aromatic rings. The molecule has 2 aliphatic rings. The summed E-state index contributed by atoms with van der Waals surface area (Å²) >= 11 is 0. The number of hydrogen-bond donors (Lipinski definition) is 4. The van der Waals surface area contributed by atoms with Gasteiger partial charge in [-0.25, -0.2) is 22.4 Å². The average molecular weight is 616 g/mol. The number of rotatable bonds is 14. The molecule has 4 N–H and O–H groups in total. The normalized spacial score (nSPS) is 20.4. The fraction of sp³-hybridized carbons (Fsp3) is 0.667. The summed E-state index contributed by atoms with van der Waals surface area (Å²) in [4.78, 5) is 52.0. The molecule has 240 valence electrons. The first-order valence-electron chi connectivity index (χ1n) is 14.9. The summed E-state index contributed by atoms with van der Waals surface area (Å²) in [5.41, 5.74) is -1.08. The van der Waals surface area contributed by atoms with E-state index in [0.717, 1.165) is 25.7 Å². The van der Waals surface area contributed by atoms with Crippen molar-refractivity contribution in [1.29, 1.82) is 0 Å². The molecular formula is C30H41F4N3O6. The van der Waals surface area contributed by atoms with E-state index in [0.29, 0.717) is 30.9 Å². The molecule has 1 saturated heterocycles. The van der Waals surface area contributed by atoms with Gasteiger partial charge in [-0.1, -0.05) is 52.4 Å². The van der Waals surface area contributed by atoms with Gasteiger partial charge in [-0.2, -0.15) is 0 Å². The lowest BCUT2D eigenvalue weighted by Crippen LogP contribution is -2.55. The van der Waals surface area contributed by atoms with Gasteiger partial charge in [0.15, 0.2) is 0 Å². The van der Waals surface area contributed by atoms with E-state index >= 15 is 0 Å². The third kappa shape index (κ3) is 8.67. The number of aromatic carboxylic acids is 1. The van der Waals surface area contributed by atoms with Gasteiger partial charge in [0.2, 0.25) is 18.2 Å². The zero-order valence-electron chi connectivity index (χ0n) is 24.5. The zero-order valence-corrected chi connectivity index (χ0v) is 24.5. The van der Waals surface area contributed by atoms with E-state index in [9.17, 15) is 41.8 Å². The van der Waals surface area contributed by atoms with Crippen LogP contribution in [0.25, 0.3) is 0 Å². The SMILES string of the molecule is CCC(CC)C(O)C(=O)N1C[C@H](C2CCCC2)C[C@@H]1C(=O)N[C@@H](CC(F)F)C(=O)NCCc1c(F)cc(C(=O)O)cc1F. The van der Waals surface area contributed by atoms with Crippen LogP contribution >= 0.6 is 0 Å².